The molecule has 0 bridgehead atoms. The molecule has 0 spiro atoms. The molecule has 0 saturated heterocycles. The molecule has 2 aromatic carbocycles. The molecule has 0 fully saturated rings. The number of aryl methyl sites for hydroxylation is 2. The summed E-state index contributed by atoms with van der Waals surface area (Å²) in [5.41, 5.74) is 4.57. The Balaban J connectivity index is 1.35. The van der Waals surface area contributed by atoms with Crippen molar-refractivity contribution in [2.75, 3.05) is 0 Å². The van der Waals surface area contributed by atoms with Crippen LogP contribution >= 0.6 is 34.9 Å². The van der Waals surface area contributed by atoms with Crippen LogP contribution in [0.4, 0.5) is 0 Å². The van der Waals surface area contributed by atoms with E-state index in [9.17, 15) is 4.79 Å². The first kappa shape index (κ1) is 22.2. The second kappa shape index (κ2) is 9.32. The average molecular weight is 495 g/mol. The fourth-order valence-corrected chi connectivity index (χ4v) is 6.65. The van der Waals surface area contributed by atoms with Gasteiger partial charge < -0.3 is 8.98 Å². The summed E-state index contributed by atoms with van der Waals surface area (Å²) in [4.78, 5) is 16.8. The van der Waals surface area contributed by atoms with E-state index in [0.29, 0.717) is 17.1 Å². The summed E-state index contributed by atoms with van der Waals surface area (Å²) in [6.07, 6.45) is 0. The quantitative estimate of drug-likeness (QED) is 0.196. The van der Waals surface area contributed by atoms with Gasteiger partial charge >= 0.3 is 5.63 Å². The molecule has 5 rings (SSSR count). The van der Waals surface area contributed by atoms with Gasteiger partial charge in [-0.1, -0.05) is 35.7 Å². The molecule has 0 aliphatic heterocycles. The van der Waals surface area contributed by atoms with Crippen LogP contribution in [0.2, 0.25) is 0 Å². The zero-order chi connectivity index (χ0) is 22.9. The molecule has 0 atom stereocenters. The summed E-state index contributed by atoms with van der Waals surface area (Å²) < 4.78 is 9.79. The minimum Gasteiger partial charge on any atom is -0.423 e. The highest BCUT2D eigenvalue weighted by atomic mass is 32.2. The molecule has 9 heteroatoms. The lowest BCUT2D eigenvalue weighted by Crippen LogP contribution is -2.03. The summed E-state index contributed by atoms with van der Waals surface area (Å²) in [5, 5.41) is 10.7. The van der Waals surface area contributed by atoms with Crippen molar-refractivity contribution in [3.8, 4) is 0 Å². The molecule has 168 valence electrons. The molecule has 3 heterocycles. The molecule has 0 amide bonds. The Kier molecular flexibility index (Phi) is 6.27. The number of fused-ring (bicyclic) bond motifs is 2. The standard InChI is InChI=1S/C24H22N4O2S3/c1-4-28-21(13-32-24-25-18-7-5-6-8-20(18)33-24)26-27-23(28)31-12-16-11-22(29)30-19-10-15(3)14(2)9-17(16)19/h5-11H,4,12-13H2,1-3H3. The first-order chi connectivity index (χ1) is 16.0. The third-order valence-electron chi connectivity index (χ3n) is 5.51. The lowest BCUT2D eigenvalue weighted by atomic mass is 10.0. The molecular formula is C24H22N4O2S3. The SMILES string of the molecule is CCn1c(CSc2nc3ccccc3s2)nnc1SCc1cc(=O)oc2cc(C)c(C)cc12. The van der Waals surface area contributed by atoms with Crippen molar-refractivity contribution in [1.82, 2.24) is 19.7 Å². The van der Waals surface area contributed by atoms with E-state index in [2.05, 4.69) is 40.7 Å². The maximum atomic E-state index is 12.1. The van der Waals surface area contributed by atoms with Crippen LogP contribution in [-0.2, 0) is 18.1 Å². The molecule has 0 radical (unpaired) electrons. The van der Waals surface area contributed by atoms with Crippen LogP contribution in [0.5, 0.6) is 0 Å². The van der Waals surface area contributed by atoms with Crippen LogP contribution in [0.15, 0.2) is 61.2 Å². The van der Waals surface area contributed by atoms with Crippen LogP contribution in [0.3, 0.4) is 0 Å². The minimum absolute atomic E-state index is 0.328. The second-order valence-corrected chi connectivity index (χ2v) is 10.9. The normalized spacial score (nSPS) is 11.6. The van der Waals surface area contributed by atoms with E-state index >= 15 is 0 Å². The maximum Gasteiger partial charge on any atom is 0.336 e. The van der Waals surface area contributed by atoms with Crippen LogP contribution in [0.1, 0.15) is 29.4 Å². The van der Waals surface area contributed by atoms with E-state index in [1.807, 2.05) is 31.2 Å². The van der Waals surface area contributed by atoms with E-state index < -0.39 is 0 Å². The Morgan fingerprint density at radius 1 is 1.03 bits per heavy atom. The molecule has 5 aromatic rings. The number of hydrogen-bond donors (Lipinski definition) is 0. The van der Waals surface area contributed by atoms with Crippen LogP contribution in [0.25, 0.3) is 21.2 Å². The first-order valence-electron chi connectivity index (χ1n) is 10.6. The van der Waals surface area contributed by atoms with Crippen molar-refractivity contribution < 1.29 is 4.42 Å². The fourth-order valence-electron chi connectivity index (χ4n) is 3.63. The van der Waals surface area contributed by atoms with Crippen LogP contribution < -0.4 is 5.63 Å². The summed E-state index contributed by atoms with van der Waals surface area (Å²) in [6.45, 7) is 6.96. The monoisotopic (exact) mass is 494 g/mol. The molecule has 3 aromatic heterocycles. The molecule has 0 aliphatic carbocycles. The smallest absolute Gasteiger partial charge is 0.336 e. The Morgan fingerprint density at radius 2 is 1.85 bits per heavy atom. The summed E-state index contributed by atoms with van der Waals surface area (Å²) >= 11 is 4.98. The molecule has 33 heavy (non-hydrogen) atoms. The van der Waals surface area contributed by atoms with Gasteiger partial charge in [0.1, 0.15) is 11.4 Å². The number of hydrogen-bond acceptors (Lipinski definition) is 8. The van der Waals surface area contributed by atoms with E-state index in [1.54, 1.807) is 40.9 Å². The van der Waals surface area contributed by atoms with Gasteiger partial charge in [0.15, 0.2) is 9.50 Å². The Morgan fingerprint density at radius 3 is 2.67 bits per heavy atom. The summed E-state index contributed by atoms with van der Waals surface area (Å²) in [7, 11) is 0. The first-order valence-corrected chi connectivity index (χ1v) is 13.4. The zero-order valence-corrected chi connectivity index (χ0v) is 20.9. The number of para-hydroxylation sites is 1. The predicted octanol–water partition coefficient (Wildman–Crippen LogP) is 6.22. The van der Waals surface area contributed by atoms with Gasteiger partial charge in [0, 0.05) is 23.8 Å². The number of thiazole rings is 1. The van der Waals surface area contributed by atoms with Gasteiger partial charge in [-0.3, -0.25) is 0 Å². The Labute approximate surface area is 203 Å². The van der Waals surface area contributed by atoms with Gasteiger partial charge in [-0.25, -0.2) is 9.78 Å². The highest BCUT2D eigenvalue weighted by Crippen LogP contribution is 2.32. The number of rotatable bonds is 7. The maximum absolute atomic E-state index is 12.1. The van der Waals surface area contributed by atoms with Crippen molar-refractivity contribution in [3.63, 3.8) is 0 Å². The highest BCUT2D eigenvalue weighted by molar-refractivity contribution is 8.00. The Bertz CT molecular complexity index is 1490. The van der Waals surface area contributed by atoms with E-state index in [1.165, 1.54) is 10.3 Å². The minimum atomic E-state index is -0.328. The number of thioether (sulfide) groups is 2. The molecule has 0 N–H and O–H groups in total. The van der Waals surface area contributed by atoms with Gasteiger partial charge in [-0.15, -0.1) is 21.5 Å². The summed E-state index contributed by atoms with van der Waals surface area (Å²) in [5.74, 6) is 2.25. The van der Waals surface area contributed by atoms with Crippen molar-refractivity contribution in [1.29, 1.82) is 0 Å². The van der Waals surface area contributed by atoms with Crippen LogP contribution in [0, 0.1) is 13.8 Å². The number of aromatic nitrogens is 4. The molecule has 6 nitrogen and oxygen atoms in total. The third kappa shape index (κ3) is 4.58. The van der Waals surface area contributed by atoms with E-state index in [4.69, 9.17) is 9.40 Å². The fraction of sp³-hybridized carbons (Fsp3) is 0.250. The molecule has 0 unspecified atom stereocenters. The van der Waals surface area contributed by atoms with Gasteiger partial charge in [0.05, 0.1) is 16.0 Å². The lowest BCUT2D eigenvalue weighted by Gasteiger charge is -2.09. The van der Waals surface area contributed by atoms with Crippen molar-refractivity contribution >= 4 is 56.0 Å². The molecular weight excluding hydrogens is 472 g/mol. The second-order valence-electron chi connectivity index (χ2n) is 7.69. The Hall–Kier alpha value is -2.62. The topological polar surface area (TPSA) is 73.8 Å². The summed E-state index contributed by atoms with van der Waals surface area (Å²) in [6, 6.07) is 13.8. The molecule has 0 aliphatic rings. The van der Waals surface area contributed by atoms with Crippen molar-refractivity contribution in [2.45, 2.75) is 48.3 Å². The van der Waals surface area contributed by atoms with Crippen molar-refractivity contribution in [2.24, 2.45) is 0 Å². The van der Waals surface area contributed by atoms with Gasteiger partial charge in [0.25, 0.3) is 0 Å². The van der Waals surface area contributed by atoms with Crippen molar-refractivity contribution in [3.05, 3.63) is 75.4 Å². The average Bonchev–Trinajstić information content (AvgIpc) is 3.40. The largest absolute Gasteiger partial charge is 0.423 e. The zero-order valence-electron chi connectivity index (χ0n) is 18.5. The van der Waals surface area contributed by atoms with E-state index in [-0.39, 0.29) is 5.63 Å². The van der Waals surface area contributed by atoms with Gasteiger partial charge in [-0.05, 0) is 61.7 Å². The predicted molar refractivity (Wildman–Crippen MR) is 136 cm³/mol. The highest BCUT2D eigenvalue weighted by Gasteiger charge is 2.15. The number of benzene rings is 2. The van der Waals surface area contributed by atoms with Crippen LogP contribution in [-0.4, -0.2) is 19.7 Å². The number of nitrogens with zero attached hydrogens (tertiary/aromatic N) is 4. The van der Waals surface area contributed by atoms with Gasteiger partial charge in [0.2, 0.25) is 0 Å². The lowest BCUT2D eigenvalue weighted by molar-refractivity contribution is 0.559. The third-order valence-corrected chi connectivity index (χ3v) is 8.70. The van der Waals surface area contributed by atoms with Gasteiger partial charge in [-0.2, -0.15) is 0 Å². The van der Waals surface area contributed by atoms with E-state index in [0.717, 1.165) is 43.9 Å². The molecule has 0 saturated carbocycles.